The zero-order valence-electron chi connectivity index (χ0n) is 34.0. The van der Waals surface area contributed by atoms with Gasteiger partial charge in [-0.2, -0.15) is 0 Å². The predicted molar refractivity (Wildman–Crippen MR) is 264 cm³/mol. The minimum atomic E-state index is 1.08. The van der Waals surface area contributed by atoms with E-state index in [-0.39, 0.29) is 0 Å². The summed E-state index contributed by atoms with van der Waals surface area (Å²) in [4.78, 5) is 2.43. The Balaban J connectivity index is 1.07. The first-order valence-corrected chi connectivity index (χ1v) is 21.3. The molecule has 290 valence electrons. The molecule has 0 unspecified atom stereocenters. The molecule has 11 aromatic carbocycles. The molecule has 0 amide bonds. The lowest BCUT2D eigenvalue weighted by Gasteiger charge is -2.29. The fourth-order valence-electron chi connectivity index (χ4n) is 9.74. The van der Waals surface area contributed by atoms with Gasteiger partial charge in [-0.25, -0.2) is 0 Å². The molecule has 0 bridgehead atoms. The third-order valence-electron chi connectivity index (χ3n) is 12.6. The number of hydrogen-bond acceptors (Lipinski definition) is 1. The summed E-state index contributed by atoms with van der Waals surface area (Å²) in [7, 11) is 0. The molecular formula is C60H40N2. The van der Waals surface area contributed by atoms with E-state index in [4.69, 9.17) is 0 Å². The molecule has 0 aliphatic heterocycles. The van der Waals surface area contributed by atoms with Gasteiger partial charge in [0.2, 0.25) is 0 Å². The van der Waals surface area contributed by atoms with Crippen molar-refractivity contribution in [1.29, 1.82) is 0 Å². The molecule has 1 aromatic heterocycles. The molecule has 12 rings (SSSR count). The van der Waals surface area contributed by atoms with Crippen LogP contribution >= 0.6 is 0 Å². The minimum absolute atomic E-state index is 1.08. The molecule has 0 fully saturated rings. The van der Waals surface area contributed by atoms with Gasteiger partial charge in [0, 0.05) is 38.7 Å². The highest BCUT2D eigenvalue weighted by Gasteiger charge is 2.22. The molecule has 0 N–H and O–H groups in total. The molecule has 0 saturated heterocycles. The molecule has 2 nitrogen and oxygen atoms in total. The molecule has 0 aliphatic carbocycles. The molecule has 0 spiro atoms. The molecule has 0 radical (unpaired) electrons. The average Bonchev–Trinajstić information content (AvgIpc) is 3.69. The highest BCUT2D eigenvalue weighted by molar-refractivity contribution is 6.19. The maximum absolute atomic E-state index is 2.49. The predicted octanol–water partition coefficient (Wildman–Crippen LogP) is 16.7. The van der Waals surface area contributed by atoms with Crippen LogP contribution in [0.1, 0.15) is 0 Å². The molecule has 0 saturated carbocycles. The van der Waals surface area contributed by atoms with Gasteiger partial charge < -0.3 is 9.47 Å². The molecule has 2 heteroatoms. The van der Waals surface area contributed by atoms with Gasteiger partial charge in [-0.05, 0) is 97.7 Å². The van der Waals surface area contributed by atoms with Crippen molar-refractivity contribution in [3.8, 4) is 39.1 Å². The second-order valence-corrected chi connectivity index (χ2v) is 16.1. The van der Waals surface area contributed by atoms with Crippen molar-refractivity contribution in [2.75, 3.05) is 4.90 Å². The fourth-order valence-corrected chi connectivity index (χ4v) is 9.74. The average molecular weight is 789 g/mol. The van der Waals surface area contributed by atoms with Crippen LogP contribution in [-0.4, -0.2) is 4.57 Å². The number of fused-ring (bicyclic) bond motifs is 8. The summed E-state index contributed by atoms with van der Waals surface area (Å²) < 4.78 is 2.49. The van der Waals surface area contributed by atoms with Crippen LogP contribution in [0.15, 0.2) is 243 Å². The second kappa shape index (κ2) is 14.8. The summed E-state index contributed by atoms with van der Waals surface area (Å²) in [6, 6.07) is 88.5. The standard InChI is InChI=1S/C60H40N2/c1-2-17-41(18-3-1)44-21-16-22-47(39-44)61(46-36-33-43(34-37-46)56-40-45-20-5-6-23-48(45)50-25-8-9-26-51(50)56)57-30-13-10-27-52(57)53-28-11-14-31-58(53)62-59-32-15-12-29-54(59)55-38-35-42-19-4-7-24-49(42)60(55)62/h1-40H. The van der Waals surface area contributed by atoms with E-state index in [1.165, 1.54) is 76.4 Å². The third-order valence-corrected chi connectivity index (χ3v) is 12.6. The van der Waals surface area contributed by atoms with E-state index in [0.29, 0.717) is 0 Å². The van der Waals surface area contributed by atoms with Crippen molar-refractivity contribution in [3.05, 3.63) is 243 Å². The number of para-hydroxylation sites is 3. The normalized spacial score (nSPS) is 11.5. The zero-order chi connectivity index (χ0) is 41.0. The first-order valence-electron chi connectivity index (χ1n) is 21.3. The fraction of sp³-hybridized carbons (Fsp3) is 0. The van der Waals surface area contributed by atoms with Gasteiger partial charge in [0.15, 0.2) is 0 Å². The van der Waals surface area contributed by atoms with Crippen LogP contribution in [0, 0.1) is 0 Å². The van der Waals surface area contributed by atoms with Crippen molar-refractivity contribution in [3.63, 3.8) is 0 Å². The summed E-state index contributed by atoms with van der Waals surface area (Å²) in [5.41, 5.74) is 13.9. The van der Waals surface area contributed by atoms with Crippen molar-refractivity contribution in [2.45, 2.75) is 0 Å². The van der Waals surface area contributed by atoms with Crippen molar-refractivity contribution < 1.29 is 0 Å². The van der Waals surface area contributed by atoms with E-state index in [1.54, 1.807) is 0 Å². The van der Waals surface area contributed by atoms with Gasteiger partial charge in [-0.1, -0.05) is 194 Å². The number of rotatable bonds is 7. The summed E-state index contributed by atoms with van der Waals surface area (Å²) in [6.45, 7) is 0. The van der Waals surface area contributed by atoms with Crippen molar-refractivity contribution in [2.24, 2.45) is 0 Å². The van der Waals surface area contributed by atoms with Crippen LogP contribution in [0.25, 0.3) is 93.2 Å². The van der Waals surface area contributed by atoms with Gasteiger partial charge in [0.1, 0.15) is 0 Å². The molecule has 12 aromatic rings. The summed E-state index contributed by atoms with van der Waals surface area (Å²) in [6.07, 6.45) is 0. The Bertz CT molecular complexity index is 3640. The largest absolute Gasteiger partial charge is 0.310 e. The first-order chi connectivity index (χ1) is 30.8. The number of aromatic nitrogens is 1. The van der Waals surface area contributed by atoms with E-state index in [9.17, 15) is 0 Å². The van der Waals surface area contributed by atoms with Crippen LogP contribution in [0.4, 0.5) is 17.1 Å². The smallest absolute Gasteiger partial charge is 0.0619 e. The van der Waals surface area contributed by atoms with Crippen LogP contribution < -0.4 is 4.90 Å². The van der Waals surface area contributed by atoms with Gasteiger partial charge in [-0.3, -0.25) is 0 Å². The molecule has 1 heterocycles. The Morgan fingerprint density at radius 3 is 1.76 bits per heavy atom. The van der Waals surface area contributed by atoms with Crippen LogP contribution in [0.5, 0.6) is 0 Å². The topological polar surface area (TPSA) is 8.17 Å². The van der Waals surface area contributed by atoms with Crippen molar-refractivity contribution >= 4 is 71.2 Å². The van der Waals surface area contributed by atoms with E-state index in [0.717, 1.165) is 33.9 Å². The number of anilines is 3. The van der Waals surface area contributed by atoms with E-state index in [2.05, 4.69) is 252 Å². The Morgan fingerprint density at radius 1 is 0.290 bits per heavy atom. The zero-order valence-corrected chi connectivity index (χ0v) is 34.0. The lowest BCUT2D eigenvalue weighted by atomic mass is 9.93. The first kappa shape index (κ1) is 35.7. The minimum Gasteiger partial charge on any atom is -0.310 e. The van der Waals surface area contributed by atoms with Crippen molar-refractivity contribution in [1.82, 2.24) is 4.57 Å². The summed E-state index contributed by atoms with van der Waals surface area (Å²) >= 11 is 0. The Labute approximate surface area is 360 Å². The van der Waals surface area contributed by atoms with Crippen LogP contribution in [0.2, 0.25) is 0 Å². The van der Waals surface area contributed by atoms with Gasteiger partial charge >= 0.3 is 0 Å². The Hall–Kier alpha value is -8.20. The van der Waals surface area contributed by atoms with Gasteiger partial charge in [-0.15, -0.1) is 0 Å². The van der Waals surface area contributed by atoms with Gasteiger partial charge in [0.25, 0.3) is 0 Å². The Kier molecular flexibility index (Phi) is 8.53. The van der Waals surface area contributed by atoms with E-state index in [1.807, 2.05) is 0 Å². The number of nitrogens with zero attached hydrogens (tertiary/aromatic N) is 2. The Morgan fingerprint density at radius 2 is 0.919 bits per heavy atom. The van der Waals surface area contributed by atoms with E-state index >= 15 is 0 Å². The lowest BCUT2D eigenvalue weighted by Crippen LogP contribution is -2.12. The molecular weight excluding hydrogens is 749 g/mol. The number of benzene rings is 11. The highest BCUT2D eigenvalue weighted by Crippen LogP contribution is 2.46. The van der Waals surface area contributed by atoms with Gasteiger partial charge in [0.05, 0.1) is 22.4 Å². The molecule has 62 heavy (non-hydrogen) atoms. The maximum Gasteiger partial charge on any atom is 0.0619 e. The lowest BCUT2D eigenvalue weighted by molar-refractivity contribution is 1.18. The van der Waals surface area contributed by atoms with E-state index < -0.39 is 0 Å². The third kappa shape index (κ3) is 5.88. The monoisotopic (exact) mass is 788 g/mol. The highest BCUT2D eigenvalue weighted by atomic mass is 15.1. The molecule has 0 atom stereocenters. The van der Waals surface area contributed by atoms with Crippen LogP contribution in [0.3, 0.4) is 0 Å². The molecule has 0 aliphatic rings. The van der Waals surface area contributed by atoms with Crippen LogP contribution in [-0.2, 0) is 0 Å². The summed E-state index contributed by atoms with van der Waals surface area (Å²) in [5, 5.41) is 10.0. The second-order valence-electron chi connectivity index (χ2n) is 16.1. The number of hydrogen-bond donors (Lipinski definition) is 0. The SMILES string of the molecule is c1ccc(-c2cccc(N(c3ccc(-c4cc5ccccc5c5ccccc45)cc3)c3ccccc3-c3ccccc3-n3c4ccccc4c4ccc5ccccc5c43)c2)cc1. The maximum atomic E-state index is 2.49. The quantitative estimate of drug-likeness (QED) is 0.146. The summed E-state index contributed by atoms with van der Waals surface area (Å²) in [5.74, 6) is 0.